The van der Waals surface area contributed by atoms with Crippen LogP contribution in [0.4, 0.5) is 0 Å². The molecule has 0 N–H and O–H groups in total. The molecule has 0 aliphatic rings. The molecule has 0 aliphatic carbocycles. The first kappa shape index (κ1) is 45.3. The van der Waals surface area contributed by atoms with E-state index in [-0.39, 0.29) is 91.4 Å². The average molecular weight is 215 g/mol. The molecule has 0 saturated carbocycles. The van der Waals surface area contributed by atoms with Crippen LogP contribution in [0.5, 0.6) is 0 Å². The van der Waals surface area contributed by atoms with Crippen LogP contribution in [0.25, 0.3) is 0 Å². The van der Waals surface area contributed by atoms with Gasteiger partial charge in [0.1, 0.15) is 0 Å². The summed E-state index contributed by atoms with van der Waals surface area (Å²) in [5.41, 5.74) is 0. The molecule has 0 amide bonds. The number of hydrogen-bond donors (Lipinski definition) is 0. The second-order valence-corrected chi connectivity index (χ2v) is 0. The van der Waals surface area contributed by atoms with Crippen LogP contribution in [-0.4, -0.2) is 69.7 Å². The maximum absolute atomic E-state index is 0. The maximum atomic E-state index is 0. The van der Waals surface area contributed by atoms with Crippen LogP contribution in [0.2, 0.25) is 0 Å². The summed E-state index contributed by atoms with van der Waals surface area (Å²) < 4.78 is 0. The predicted octanol–water partition coefficient (Wildman–Crippen LogP) is -5.01. The van der Waals surface area contributed by atoms with E-state index >= 15 is 0 Å². The zero-order chi connectivity index (χ0) is 0. The Labute approximate surface area is 90.1 Å². The van der Waals surface area contributed by atoms with Gasteiger partial charge < -0.3 is 0 Å². The van der Waals surface area contributed by atoms with Crippen LogP contribution in [0.3, 0.4) is 0 Å². The van der Waals surface area contributed by atoms with Crippen molar-refractivity contribution in [2.75, 3.05) is 0 Å². The molecule has 0 rings (SSSR count). The summed E-state index contributed by atoms with van der Waals surface area (Å²) in [6.45, 7) is 0. The van der Waals surface area contributed by atoms with Crippen molar-refractivity contribution in [3.05, 3.63) is 0 Å². The Hall–Kier alpha value is 2.85. The molecule has 30 valence electrons. The number of rotatable bonds is 0. The maximum Gasteiger partial charge on any atom is 0 e. The van der Waals surface area contributed by atoms with Gasteiger partial charge in [0.05, 0.1) is 0 Å². The minimum Gasteiger partial charge on any atom is 0 e. The van der Waals surface area contributed by atoms with E-state index < -0.39 is 0 Å². The smallest absolute Gasteiger partial charge is 0 e. The molecule has 0 spiro atoms. The van der Waals surface area contributed by atoms with E-state index in [9.17, 15) is 0 Å². The summed E-state index contributed by atoms with van der Waals surface area (Å²) in [6, 6.07) is 0. The second kappa shape index (κ2) is 28.8. The van der Waals surface area contributed by atoms with Gasteiger partial charge in [-0.3, -0.25) is 0 Å². The van der Waals surface area contributed by atoms with Gasteiger partial charge in [-0.2, -0.15) is 0 Å². The molecule has 0 aliphatic heterocycles. The van der Waals surface area contributed by atoms with Gasteiger partial charge in [-0.1, -0.05) is 0 Å². The molecule has 0 heterocycles. The third kappa shape index (κ3) is 19.8. The Morgan fingerprint density at radius 2 is 0.600 bits per heavy atom. The average Bonchev–Trinajstić information content (AvgIpc) is 0. The Kier molecular flexibility index (Phi) is 261. The molecular formula is H13Al3GeTi. The molecule has 5 heavy (non-hydrogen) atoms. The molecule has 0 radical (unpaired) electrons. The SMILES string of the molecule is [AlH3].[AlH3].[AlH3].[GeH4].[Ti]. The molecule has 0 bridgehead atoms. The van der Waals surface area contributed by atoms with Crippen molar-refractivity contribution in [1.29, 1.82) is 0 Å². The Bertz CT molecular complexity index is 6.85. The predicted molar refractivity (Wildman–Crippen MR) is 41.2 cm³/mol. The van der Waals surface area contributed by atoms with Gasteiger partial charge in [0.2, 0.25) is 0 Å². The fourth-order valence-corrected chi connectivity index (χ4v) is 0. The van der Waals surface area contributed by atoms with Gasteiger partial charge in [-0.05, 0) is 0 Å². The van der Waals surface area contributed by atoms with E-state index in [1.165, 1.54) is 0 Å². The third-order valence-corrected chi connectivity index (χ3v) is 0. The molecule has 0 fully saturated rings. The van der Waals surface area contributed by atoms with Crippen LogP contribution in [0, 0.1) is 0 Å². The van der Waals surface area contributed by atoms with Crippen molar-refractivity contribution >= 4 is 69.7 Å². The van der Waals surface area contributed by atoms with Crippen LogP contribution < -0.4 is 0 Å². The minimum atomic E-state index is 0. The van der Waals surface area contributed by atoms with Crippen molar-refractivity contribution in [2.45, 2.75) is 0 Å². The fourth-order valence-electron chi connectivity index (χ4n) is 0. The first-order valence-corrected chi connectivity index (χ1v) is 0. The Morgan fingerprint density at radius 1 is 0.600 bits per heavy atom. The topological polar surface area (TPSA) is 0 Å². The van der Waals surface area contributed by atoms with Crippen molar-refractivity contribution in [3.63, 3.8) is 0 Å². The molecule has 0 atom stereocenters. The molecular weight excluding hydrogens is 201 g/mol. The number of hydrogen-bond acceptors (Lipinski definition) is 0. The van der Waals surface area contributed by atoms with Crippen molar-refractivity contribution in [2.24, 2.45) is 0 Å². The molecule has 0 nitrogen and oxygen atoms in total. The van der Waals surface area contributed by atoms with Crippen LogP contribution in [0.1, 0.15) is 0 Å². The van der Waals surface area contributed by atoms with Crippen LogP contribution >= 0.6 is 0 Å². The van der Waals surface area contributed by atoms with Crippen molar-refractivity contribution in [3.8, 4) is 0 Å². The van der Waals surface area contributed by atoms with E-state index in [0.717, 1.165) is 0 Å². The molecule has 0 aromatic carbocycles. The molecule has 0 aromatic heterocycles. The van der Waals surface area contributed by atoms with Gasteiger partial charge in [-0.25, -0.2) is 0 Å². The summed E-state index contributed by atoms with van der Waals surface area (Å²) in [4.78, 5) is 0. The van der Waals surface area contributed by atoms with Crippen molar-refractivity contribution < 1.29 is 21.7 Å². The molecule has 0 aromatic rings. The molecule has 5 heteroatoms. The van der Waals surface area contributed by atoms with Crippen LogP contribution in [-0.2, 0) is 21.7 Å². The van der Waals surface area contributed by atoms with Gasteiger partial charge in [-0.15, -0.1) is 0 Å². The summed E-state index contributed by atoms with van der Waals surface area (Å²) >= 11 is 0. The second-order valence-electron chi connectivity index (χ2n) is 0. The standard InChI is InChI=1S/3Al.GeH4.Ti.9H/h;;;1H4;;;;;;;;;;. The molecule has 0 saturated heterocycles. The van der Waals surface area contributed by atoms with Crippen LogP contribution in [0.15, 0.2) is 0 Å². The Morgan fingerprint density at radius 3 is 0.600 bits per heavy atom. The zero-order valence-electron chi connectivity index (χ0n) is 0.500. The fraction of sp³-hybridized carbons (Fsp3) is 0. The Balaban J connectivity index is 0. The quantitative estimate of drug-likeness (QED) is 0.354. The van der Waals surface area contributed by atoms with E-state index in [4.69, 9.17) is 0 Å². The largest absolute Gasteiger partial charge is 0 e. The van der Waals surface area contributed by atoms with E-state index in [0.29, 0.717) is 0 Å². The monoisotopic (exact) mass is 216 g/mol. The summed E-state index contributed by atoms with van der Waals surface area (Å²) in [5.74, 6) is 0. The van der Waals surface area contributed by atoms with Gasteiger partial charge in [0, 0.05) is 21.7 Å². The first-order chi connectivity index (χ1) is 0. The van der Waals surface area contributed by atoms with Gasteiger partial charge >= 0.3 is 17.6 Å². The summed E-state index contributed by atoms with van der Waals surface area (Å²) in [5, 5.41) is 0. The van der Waals surface area contributed by atoms with E-state index in [2.05, 4.69) is 0 Å². The minimum absolute atomic E-state index is 0. The summed E-state index contributed by atoms with van der Waals surface area (Å²) in [6.07, 6.45) is 0. The van der Waals surface area contributed by atoms with Gasteiger partial charge in [0.25, 0.3) is 0 Å². The summed E-state index contributed by atoms with van der Waals surface area (Å²) in [7, 11) is 0. The first-order valence-electron chi connectivity index (χ1n) is 0. The van der Waals surface area contributed by atoms with E-state index in [1.807, 2.05) is 0 Å². The van der Waals surface area contributed by atoms with E-state index in [1.54, 1.807) is 0 Å². The van der Waals surface area contributed by atoms with Gasteiger partial charge in [0.15, 0.2) is 52.1 Å². The molecule has 0 unspecified atom stereocenters. The normalized spacial score (nSPS) is 0. The third-order valence-electron chi connectivity index (χ3n) is 0. The van der Waals surface area contributed by atoms with Crippen molar-refractivity contribution in [1.82, 2.24) is 0 Å². The zero-order valence-corrected chi connectivity index (χ0v) is 2.06.